The number of oxazole rings is 1. The highest BCUT2D eigenvalue weighted by Gasteiger charge is 2.02. The van der Waals surface area contributed by atoms with Crippen LogP contribution in [-0.4, -0.2) is 11.5 Å². The summed E-state index contributed by atoms with van der Waals surface area (Å²) >= 11 is 0. The van der Waals surface area contributed by atoms with Crippen LogP contribution in [0.25, 0.3) is 11.3 Å². The smallest absolute Gasteiger partial charge is 0.181 e. The molecule has 0 spiro atoms. The standard InChI is InChI=1S/C14H18N2O/c1-3-11(2)8-16-13-6-4-12(5-7-13)14-9-15-10-17-14/h4-7,9-11,16H,3,8H2,1-2H3. The van der Waals surface area contributed by atoms with Crippen LogP contribution in [0.5, 0.6) is 0 Å². The molecule has 1 heterocycles. The minimum atomic E-state index is 0.698. The zero-order valence-electron chi connectivity index (χ0n) is 10.3. The van der Waals surface area contributed by atoms with Crippen molar-refractivity contribution in [2.75, 3.05) is 11.9 Å². The van der Waals surface area contributed by atoms with E-state index in [4.69, 9.17) is 4.42 Å². The Morgan fingerprint density at radius 2 is 2.06 bits per heavy atom. The molecule has 0 bridgehead atoms. The summed E-state index contributed by atoms with van der Waals surface area (Å²) in [5, 5.41) is 3.42. The summed E-state index contributed by atoms with van der Waals surface area (Å²) in [6, 6.07) is 8.22. The van der Waals surface area contributed by atoms with Gasteiger partial charge in [-0.3, -0.25) is 0 Å². The van der Waals surface area contributed by atoms with Gasteiger partial charge in [0.15, 0.2) is 12.2 Å². The lowest BCUT2D eigenvalue weighted by Gasteiger charge is -2.11. The molecule has 2 aromatic rings. The van der Waals surface area contributed by atoms with Crippen molar-refractivity contribution in [2.45, 2.75) is 20.3 Å². The van der Waals surface area contributed by atoms with Crippen molar-refractivity contribution in [3.05, 3.63) is 36.9 Å². The molecule has 1 atom stereocenters. The zero-order valence-corrected chi connectivity index (χ0v) is 10.3. The number of nitrogens with zero attached hydrogens (tertiary/aromatic N) is 1. The van der Waals surface area contributed by atoms with Crippen molar-refractivity contribution < 1.29 is 4.42 Å². The SMILES string of the molecule is CCC(C)CNc1ccc(-c2cnco2)cc1. The molecule has 1 unspecified atom stereocenters. The van der Waals surface area contributed by atoms with E-state index in [1.807, 2.05) is 12.1 Å². The second kappa shape index (κ2) is 5.53. The molecule has 2 rings (SSSR count). The van der Waals surface area contributed by atoms with Gasteiger partial charge in [-0.1, -0.05) is 20.3 Å². The highest BCUT2D eigenvalue weighted by Crippen LogP contribution is 2.20. The summed E-state index contributed by atoms with van der Waals surface area (Å²) in [5.41, 5.74) is 2.20. The number of anilines is 1. The molecule has 1 N–H and O–H groups in total. The predicted octanol–water partition coefficient (Wildman–Crippen LogP) is 3.80. The number of rotatable bonds is 5. The van der Waals surface area contributed by atoms with Gasteiger partial charge in [-0.25, -0.2) is 4.98 Å². The van der Waals surface area contributed by atoms with Crippen molar-refractivity contribution >= 4 is 5.69 Å². The summed E-state index contributed by atoms with van der Waals surface area (Å²) in [6.07, 6.45) is 4.37. The Bertz CT molecular complexity index is 434. The first-order chi connectivity index (χ1) is 8.29. The van der Waals surface area contributed by atoms with Gasteiger partial charge in [-0.05, 0) is 30.2 Å². The summed E-state index contributed by atoms with van der Waals surface area (Å²) in [6.45, 7) is 5.47. The van der Waals surface area contributed by atoms with E-state index in [2.05, 4.69) is 36.3 Å². The van der Waals surface area contributed by atoms with E-state index >= 15 is 0 Å². The van der Waals surface area contributed by atoms with Crippen LogP contribution in [0, 0.1) is 5.92 Å². The minimum absolute atomic E-state index is 0.698. The second-order valence-corrected chi connectivity index (χ2v) is 4.34. The molecule has 0 saturated heterocycles. The minimum Gasteiger partial charge on any atom is -0.444 e. The number of hydrogen-bond acceptors (Lipinski definition) is 3. The molecular formula is C14H18N2O. The molecule has 0 aliphatic heterocycles. The molecule has 0 amide bonds. The van der Waals surface area contributed by atoms with Crippen LogP contribution in [0.4, 0.5) is 5.69 Å². The zero-order chi connectivity index (χ0) is 12.1. The maximum absolute atomic E-state index is 5.24. The predicted molar refractivity (Wildman–Crippen MR) is 69.9 cm³/mol. The largest absolute Gasteiger partial charge is 0.444 e. The number of nitrogens with one attached hydrogen (secondary N) is 1. The Morgan fingerprint density at radius 1 is 1.29 bits per heavy atom. The van der Waals surface area contributed by atoms with E-state index in [-0.39, 0.29) is 0 Å². The molecule has 0 radical (unpaired) electrons. The third kappa shape index (κ3) is 3.09. The molecule has 0 saturated carbocycles. The van der Waals surface area contributed by atoms with Crippen LogP contribution in [-0.2, 0) is 0 Å². The fraction of sp³-hybridized carbons (Fsp3) is 0.357. The summed E-state index contributed by atoms with van der Waals surface area (Å²) in [5.74, 6) is 1.50. The maximum atomic E-state index is 5.24. The molecule has 1 aromatic carbocycles. The van der Waals surface area contributed by atoms with E-state index in [1.54, 1.807) is 6.20 Å². The Kier molecular flexibility index (Phi) is 3.81. The van der Waals surface area contributed by atoms with Gasteiger partial charge in [0, 0.05) is 17.8 Å². The van der Waals surface area contributed by atoms with Crippen LogP contribution in [0.1, 0.15) is 20.3 Å². The lowest BCUT2D eigenvalue weighted by Crippen LogP contribution is -2.09. The number of benzene rings is 1. The topological polar surface area (TPSA) is 38.1 Å². The first-order valence-electron chi connectivity index (χ1n) is 6.02. The van der Waals surface area contributed by atoms with Crippen molar-refractivity contribution in [1.82, 2.24) is 4.98 Å². The Hall–Kier alpha value is -1.77. The summed E-state index contributed by atoms with van der Waals surface area (Å²) in [7, 11) is 0. The van der Waals surface area contributed by atoms with Gasteiger partial charge in [-0.2, -0.15) is 0 Å². The van der Waals surface area contributed by atoms with Crippen molar-refractivity contribution in [2.24, 2.45) is 5.92 Å². The molecule has 0 aliphatic carbocycles. The fourth-order valence-corrected chi connectivity index (χ4v) is 1.55. The van der Waals surface area contributed by atoms with Gasteiger partial charge in [0.25, 0.3) is 0 Å². The maximum Gasteiger partial charge on any atom is 0.181 e. The Morgan fingerprint density at radius 3 is 2.65 bits per heavy atom. The van der Waals surface area contributed by atoms with Gasteiger partial charge in [-0.15, -0.1) is 0 Å². The molecule has 0 fully saturated rings. The molecule has 3 heteroatoms. The van der Waals surface area contributed by atoms with Crippen LogP contribution in [0.15, 0.2) is 41.3 Å². The highest BCUT2D eigenvalue weighted by atomic mass is 16.3. The Balaban J connectivity index is 1.99. The van der Waals surface area contributed by atoms with Crippen molar-refractivity contribution in [1.29, 1.82) is 0 Å². The van der Waals surface area contributed by atoms with E-state index in [1.165, 1.54) is 12.8 Å². The second-order valence-electron chi connectivity index (χ2n) is 4.34. The lowest BCUT2D eigenvalue weighted by molar-refractivity contribution is 0.572. The summed E-state index contributed by atoms with van der Waals surface area (Å²) < 4.78 is 5.24. The van der Waals surface area contributed by atoms with Crippen LogP contribution < -0.4 is 5.32 Å². The summed E-state index contributed by atoms with van der Waals surface area (Å²) in [4.78, 5) is 3.91. The van der Waals surface area contributed by atoms with Gasteiger partial charge < -0.3 is 9.73 Å². The number of aromatic nitrogens is 1. The van der Waals surface area contributed by atoms with Crippen LogP contribution >= 0.6 is 0 Å². The highest BCUT2D eigenvalue weighted by molar-refractivity contribution is 5.60. The van der Waals surface area contributed by atoms with E-state index < -0.39 is 0 Å². The Labute approximate surface area is 102 Å². The lowest BCUT2D eigenvalue weighted by atomic mass is 10.1. The van der Waals surface area contributed by atoms with Crippen LogP contribution in [0.3, 0.4) is 0 Å². The quantitative estimate of drug-likeness (QED) is 0.849. The van der Waals surface area contributed by atoms with E-state index in [0.717, 1.165) is 23.6 Å². The van der Waals surface area contributed by atoms with Crippen LogP contribution in [0.2, 0.25) is 0 Å². The normalized spacial score (nSPS) is 12.4. The fourth-order valence-electron chi connectivity index (χ4n) is 1.55. The number of hydrogen-bond donors (Lipinski definition) is 1. The van der Waals surface area contributed by atoms with Gasteiger partial charge in [0.1, 0.15) is 0 Å². The average molecular weight is 230 g/mol. The monoisotopic (exact) mass is 230 g/mol. The van der Waals surface area contributed by atoms with E-state index in [9.17, 15) is 0 Å². The van der Waals surface area contributed by atoms with Gasteiger partial charge in [0.05, 0.1) is 6.20 Å². The molecule has 1 aromatic heterocycles. The third-order valence-electron chi connectivity index (χ3n) is 2.95. The molecule has 3 nitrogen and oxygen atoms in total. The first kappa shape index (κ1) is 11.7. The molecular weight excluding hydrogens is 212 g/mol. The van der Waals surface area contributed by atoms with Gasteiger partial charge >= 0.3 is 0 Å². The van der Waals surface area contributed by atoms with E-state index in [0.29, 0.717) is 5.92 Å². The van der Waals surface area contributed by atoms with Crippen molar-refractivity contribution in [3.8, 4) is 11.3 Å². The molecule has 90 valence electrons. The molecule has 0 aliphatic rings. The molecule has 17 heavy (non-hydrogen) atoms. The van der Waals surface area contributed by atoms with Gasteiger partial charge in [0.2, 0.25) is 0 Å². The first-order valence-corrected chi connectivity index (χ1v) is 6.02. The van der Waals surface area contributed by atoms with Crippen molar-refractivity contribution in [3.63, 3.8) is 0 Å². The third-order valence-corrected chi connectivity index (χ3v) is 2.95. The average Bonchev–Trinajstić information content (AvgIpc) is 2.90.